The molecular weight excluding hydrogens is 338 g/mol. The van der Waals surface area contributed by atoms with Crippen LogP contribution in [-0.4, -0.2) is 29.0 Å². The van der Waals surface area contributed by atoms with Crippen LogP contribution in [0.2, 0.25) is 0 Å². The molecular formula is C22H27N3O2. The van der Waals surface area contributed by atoms with Gasteiger partial charge >= 0.3 is 0 Å². The Morgan fingerprint density at radius 2 is 2.07 bits per heavy atom. The van der Waals surface area contributed by atoms with E-state index in [1.165, 1.54) is 24.1 Å². The molecule has 1 atom stereocenters. The third-order valence-electron chi connectivity index (χ3n) is 5.62. The molecule has 0 saturated heterocycles. The van der Waals surface area contributed by atoms with Crippen molar-refractivity contribution in [3.05, 3.63) is 52.6 Å². The maximum atomic E-state index is 12.6. The molecule has 1 aliphatic heterocycles. The Hall–Kier alpha value is -2.43. The lowest BCUT2D eigenvalue weighted by Gasteiger charge is -2.18. The Labute approximate surface area is 160 Å². The Bertz CT molecular complexity index is 834. The topological polar surface area (TPSA) is 64.1 Å². The zero-order valence-electron chi connectivity index (χ0n) is 16.0. The lowest BCUT2D eigenvalue weighted by atomic mass is 9.95. The summed E-state index contributed by atoms with van der Waals surface area (Å²) in [4.78, 5) is 22.0. The van der Waals surface area contributed by atoms with Gasteiger partial charge in [-0.1, -0.05) is 18.2 Å². The van der Waals surface area contributed by atoms with Crippen LogP contribution in [0.5, 0.6) is 5.75 Å². The Morgan fingerprint density at radius 1 is 1.22 bits per heavy atom. The highest BCUT2D eigenvalue weighted by molar-refractivity contribution is 5.79. The number of nitrogens with one attached hydrogen (secondary N) is 1. The van der Waals surface area contributed by atoms with Crippen molar-refractivity contribution in [3.63, 3.8) is 0 Å². The van der Waals surface area contributed by atoms with E-state index in [0.717, 1.165) is 48.5 Å². The summed E-state index contributed by atoms with van der Waals surface area (Å²) in [7, 11) is 0. The number of hydrogen-bond acceptors (Lipinski definition) is 4. The average Bonchev–Trinajstić information content (AvgIpc) is 2.90. The number of fused-ring (bicyclic) bond motifs is 2. The molecule has 0 spiro atoms. The second kappa shape index (κ2) is 8.07. The smallest absolute Gasteiger partial charge is 0.223 e. The predicted molar refractivity (Wildman–Crippen MR) is 104 cm³/mol. The highest BCUT2D eigenvalue weighted by atomic mass is 16.5. The van der Waals surface area contributed by atoms with Crippen molar-refractivity contribution in [3.8, 4) is 5.75 Å². The van der Waals surface area contributed by atoms with E-state index >= 15 is 0 Å². The molecule has 5 nitrogen and oxygen atoms in total. The van der Waals surface area contributed by atoms with E-state index in [1.807, 2.05) is 24.3 Å². The Balaban J connectivity index is 1.34. The molecule has 1 aliphatic carbocycles. The molecule has 1 aromatic heterocycles. The number of carbonyl (C=O) groups excluding carboxylic acids is 1. The molecule has 2 aromatic rings. The van der Waals surface area contributed by atoms with Gasteiger partial charge < -0.3 is 10.1 Å². The van der Waals surface area contributed by atoms with Gasteiger partial charge in [-0.25, -0.2) is 9.97 Å². The quantitative estimate of drug-likeness (QED) is 0.905. The number of nitrogens with zero attached hydrogens (tertiary/aromatic N) is 2. The van der Waals surface area contributed by atoms with Crippen molar-refractivity contribution in [2.45, 2.75) is 51.9 Å². The van der Waals surface area contributed by atoms with Crippen LogP contribution < -0.4 is 10.1 Å². The van der Waals surface area contributed by atoms with E-state index in [9.17, 15) is 4.79 Å². The van der Waals surface area contributed by atoms with E-state index in [-0.39, 0.29) is 11.8 Å². The number of benzene rings is 1. The molecule has 0 fully saturated rings. The summed E-state index contributed by atoms with van der Waals surface area (Å²) in [6.45, 7) is 3.25. The third kappa shape index (κ3) is 4.12. The number of carbonyl (C=O) groups is 1. The van der Waals surface area contributed by atoms with Gasteiger partial charge in [-0.2, -0.15) is 0 Å². The molecule has 1 N–H and O–H groups in total. The zero-order chi connectivity index (χ0) is 18.6. The number of aryl methyl sites for hydroxylation is 2. The van der Waals surface area contributed by atoms with E-state index in [0.29, 0.717) is 19.6 Å². The minimum atomic E-state index is -0.0418. The molecule has 0 radical (unpaired) electrons. The Kier molecular flexibility index (Phi) is 5.37. The first kappa shape index (κ1) is 18.0. The second-order valence-corrected chi connectivity index (χ2v) is 7.54. The van der Waals surface area contributed by atoms with Crippen LogP contribution in [-0.2, 0) is 30.5 Å². The maximum absolute atomic E-state index is 12.6. The average molecular weight is 365 g/mol. The van der Waals surface area contributed by atoms with Crippen molar-refractivity contribution in [2.24, 2.45) is 5.92 Å². The van der Waals surface area contributed by atoms with Gasteiger partial charge in [-0.15, -0.1) is 0 Å². The van der Waals surface area contributed by atoms with Gasteiger partial charge in [0.1, 0.15) is 11.6 Å². The van der Waals surface area contributed by atoms with E-state index < -0.39 is 0 Å². The summed E-state index contributed by atoms with van der Waals surface area (Å²) in [5.41, 5.74) is 4.78. The van der Waals surface area contributed by atoms with Gasteiger partial charge in [0.2, 0.25) is 5.91 Å². The number of amides is 1. The first-order valence-corrected chi connectivity index (χ1v) is 10.0. The molecule has 0 bridgehead atoms. The van der Waals surface area contributed by atoms with Crippen molar-refractivity contribution in [1.82, 2.24) is 15.3 Å². The van der Waals surface area contributed by atoms with Gasteiger partial charge in [0.25, 0.3) is 0 Å². The lowest BCUT2D eigenvalue weighted by molar-refractivity contribution is -0.125. The summed E-state index contributed by atoms with van der Waals surface area (Å²) in [5.74, 6) is 1.82. The minimum absolute atomic E-state index is 0.0418. The molecule has 1 amide bonds. The minimum Gasteiger partial charge on any atom is -0.493 e. The first-order valence-electron chi connectivity index (χ1n) is 10.0. The zero-order valence-corrected chi connectivity index (χ0v) is 16.0. The van der Waals surface area contributed by atoms with Gasteiger partial charge in [-0.05, 0) is 62.6 Å². The van der Waals surface area contributed by atoms with Gasteiger partial charge in [0.05, 0.1) is 6.61 Å². The van der Waals surface area contributed by atoms with E-state index in [2.05, 4.69) is 17.2 Å². The number of hydrogen-bond donors (Lipinski definition) is 1. The molecule has 1 aromatic carbocycles. The monoisotopic (exact) mass is 365 g/mol. The fourth-order valence-corrected chi connectivity index (χ4v) is 4.11. The SMILES string of the molecule is Cc1nc(CCNC(=O)[C@H]2CCOc3ccccc3C2)nc2c1CCCC2. The van der Waals surface area contributed by atoms with E-state index in [4.69, 9.17) is 9.72 Å². The highest BCUT2D eigenvalue weighted by Gasteiger charge is 2.23. The molecule has 142 valence electrons. The fourth-order valence-electron chi connectivity index (χ4n) is 4.11. The van der Waals surface area contributed by atoms with Crippen LogP contribution in [0.15, 0.2) is 24.3 Å². The standard InChI is InChI=1S/C22H27N3O2/c1-15-18-7-3-4-8-19(18)25-21(24-15)10-12-23-22(26)17-11-13-27-20-9-5-2-6-16(20)14-17/h2,5-6,9,17H,3-4,7-8,10-14H2,1H3,(H,23,26)/t17-/m0/s1. The van der Waals surface area contributed by atoms with Crippen molar-refractivity contribution in [2.75, 3.05) is 13.2 Å². The fraction of sp³-hybridized carbons (Fsp3) is 0.500. The first-order chi connectivity index (χ1) is 13.2. The van der Waals surface area contributed by atoms with Gasteiger partial charge in [-0.3, -0.25) is 4.79 Å². The van der Waals surface area contributed by atoms with Gasteiger partial charge in [0.15, 0.2) is 0 Å². The normalized spacial score (nSPS) is 18.6. The summed E-state index contributed by atoms with van der Waals surface area (Å²) in [6.07, 6.45) is 6.76. The van der Waals surface area contributed by atoms with Gasteiger partial charge in [0, 0.05) is 30.3 Å². The van der Waals surface area contributed by atoms with Crippen LogP contribution in [0, 0.1) is 12.8 Å². The maximum Gasteiger partial charge on any atom is 0.223 e. The predicted octanol–water partition coefficient (Wildman–Crippen LogP) is 2.96. The molecule has 0 unspecified atom stereocenters. The molecule has 27 heavy (non-hydrogen) atoms. The van der Waals surface area contributed by atoms with Crippen molar-refractivity contribution < 1.29 is 9.53 Å². The largest absolute Gasteiger partial charge is 0.493 e. The van der Waals surface area contributed by atoms with Crippen molar-refractivity contribution >= 4 is 5.91 Å². The molecule has 0 saturated carbocycles. The molecule has 5 heteroatoms. The summed E-state index contributed by atoms with van der Waals surface area (Å²) in [5, 5.41) is 3.08. The number of para-hydroxylation sites is 1. The molecule has 4 rings (SSSR count). The number of rotatable bonds is 4. The number of ether oxygens (including phenoxy) is 1. The summed E-state index contributed by atoms with van der Waals surface area (Å²) >= 11 is 0. The Morgan fingerprint density at radius 3 is 3.00 bits per heavy atom. The van der Waals surface area contributed by atoms with Crippen LogP contribution in [0.1, 0.15) is 47.6 Å². The molecule has 2 aliphatic rings. The molecule has 2 heterocycles. The van der Waals surface area contributed by atoms with Crippen molar-refractivity contribution in [1.29, 1.82) is 0 Å². The highest BCUT2D eigenvalue weighted by Crippen LogP contribution is 2.26. The third-order valence-corrected chi connectivity index (χ3v) is 5.62. The summed E-state index contributed by atoms with van der Waals surface area (Å²) < 4.78 is 5.77. The van der Waals surface area contributed by atoms with Crippen LogP contribution in [0.3, 0.4) is 0 Å². The van der Waals surface area contributed by atoms with Crippen LogP contribution in [0.4, 0.5) is 0 Å². The van der Waals surface area contributed by atoms with Crippen LogP contribution in [0.25, 0.3) is 0 Å². The van der Waals surface area contributed by atoms with Crippen LogP contribution >= 0.6 is 0 Å². The second-order valence-electron chi connectivity index (χ2n) is 7.54. The summed E-state index contributed by atoms with van der Waals surface area (Å²) in [6, 6.07) is 7.99. The van der Waals surface area contributed by atoms with E-state index in [1.54, 1.807) is 0 Å². The number of aromatic nitrogens is 2. The lowest BCUT2D eigenvalue weighted by Crippen LogP contribution is -2.34.